The van der Waals surface area contributed by atoms with Crippen molar-refractivity contribution in [2.45, 2.75) is 26.0 Å². The van der Waals surface area contributed by atoms with Gasteiger partial charge in [-0.3, -0.25) is 9.59 Å². The van der Waals surface area contributed by atoms with Gasteiger partial charge in [0.2, 0.25) is 5.91 Å². The van der Waals surface area contributed by atoms with Crippen LogP contribution in [0, 0.1) is 0 Å². The number of nitrogens with zero attached hydrogens (tertiary/aromatic N) is 1. The van der Waals surface area contributed by atoms with E-state index in [1.807, 2.05) is 0 Å². The molecule has 146 valence electrons. The average molecular weight is 440 g/mol. The zero-order chi connectivity index (χ0) is 20.4. The summed E-state index contributed by atoms with van der Waals surface area (Å²) in [6.45, 7) is 1.78. The van der Waals surface area contributed by atoms with E-state index in [-0.39, 0.29) is 24.4 Å². The molecule has 3 aromatic rings. The summed E-state index contributed by atoms with van der Waals surface area (Å²) in [4.78, 5) is 25.2. The molecule has 5 nitrogen and oxygen atoms in total. The number of halogens is 3. The van der Waals surface area contributed by atoms with E-state index in [0.717, 1.165) is 0 Å². The van der Waals surface area contributed by atoms with Crippen molar-refractivity contribution in [1.82, 2.24) is 4.57 Å². The molecule has 28 heavy (non-hydrogen) atoms. The van der Waals surface area contributed by atoms with Crippen molar-refractivity contribution >= 4 is 57.2 Å². The van der Waals surface area contributed by atoms with Gasteiger partial charge in [-0.25, -0.2) is 0 Å². The summed E-state index contributed by atoms with van der Waals surface area (Å²) in [6.07, 6.45) is 0.984. The molecule has 1 unspecified atom stereocenters. The molecule has 0 aliphatic heterocycles. The number of hydrogen-bond donors (Lipinski definition) is 2. The highest BCUT2D eigenvalue weighted by Gasteiger charge is 2.14. The first kappa shape index (κ1) is 20.7. The summed E-state index contributed by atoms with van der Waals surface area (Å²) in [5.41, 5.74) is 0.795. The molecule has 3 rings (SSSR count). The second-order valence-electron chi connectivity index (χ2n) is 6.48. The van der Waals surface area contributed by atoms with Crippen molar-refractivity contribution in [3.8, 4) is 0 Å². The lowest BCUT2D eigenvalue weighted by Gasteiger charge is -2.13. The minimum Gasteiger partial charge on any atom is -0.392 e. The number of anilines is 1. The van der Waals surface area contributed by atoms with Gasteiger partial charge in [-0.15, -0.1) is 0 Å². The maximum absolute atomic E-state index is 12.6. The topological polar surface area (TPSA) is 71.3 Å². The van der Waals surface area contributed by atoms with Crippen LogP contribution in [0.4, 0.5) is 5.69 Å². The maximum atomic E-state index is 12.6. The number of benzene rings is 2. The van der Waals surface area contributed by atoms with Crippen molar-refractivity contribution in [1.29, 1.82) is 0 Å². The van der Waals surface area contributed by atoms with Crippen LogP contribution < -0.4 is 10.9 Å². The lowest BCUT2D eigenvalue weighted by molar-refractivity contribution is -0.115. The number of amides is 1. The van der Waals surface area contributed by atoms with Crippen LogP contribution in [0.5, 0.6) is 0 Å². The third-order valence-corrected chi connectivity index (χ3v) is 5.24. The fourth-order valence-electron chi connectivity index (χ4n) is 2.91. The number of aliphatic hydroxyl groups excluding tert-OH is 1. The number of carbonyl (C=O) groups is 1. The Balaban J connectivity index is 1.92. The predicted molar refractivity (Wildman–Crippen MR) is 114 cm³/mol. The third-order valence-electron chi connectivity index (χ3n) is 4.18. The van der Waals surface area contributed by atoms with Crippen LogP contribution >= 0.6 is 34.8 Å². The van der Waals surface area contributed by atoms with Crippen LogP contribution in [-0.2, 0) is 17.8 Å². The first-order chi connectivity index (χ1) is 13.3. The average Bonchev–Trinajstić information content (AvgIpc) is 2.62. The van der Waals surface area contributed by atoms with Gasteiger partial charge in [-0.2, -0.15) is 0 Å². The molecule has 2 aromatic carbocycles. The molecule has 1 aromatic heterocycles. The molecule has 0 fully saturated rings. The van der Waals surface area contributed by atoms with Crippen molar-refractivity contribution in [3.63, 3.8) is 0 Å². The third kappa shape index (κ3) is 4.50. The molecule has 0 aliphatic carbocycles. The Morgan fingerprint density at radius 3 is 2.46 bits per heavy atom. The van der Waals surface area contributed by atoms with Crippen molar-refractivity contribution in [2.24, 2.45) is 0 Å². The highest BCUT2D eigenvalue weighted by molar-refractivity contribution is 6.42. The molecule has 1 amide bonds. The van der Waals surface area contributed by atoms with Crippen LogP contribution in [0.2, 0.25) is 15.1 Å². The molecule has 2 N–H and O–H groups in total. The molecule has 0 saturated heterocycles. The van der Waals surface area contributed by atoms with Gasteiger partial charge >= 0.3 is 0 Å². The number of pyridine rings is 1. The van der Waals surface area contributed by atoms with Crippen LogP contribution in [0.1, 0.15) is 12.5 Å². The standard InChI is InChI=1S/C20H17Cl3N2O3/c1-11(26)10-25-7-6-13-14(20(25)28)3-5-16(22)19(13)24-18(27)9-12-2-4-15(21)17(23)8-12/h2-8,11,26H,9-10H2,1H3,(H,24,27). The molecule has 0 saturated carbocycles. The van der Waals surface area contributed by atoms with Crippen LogP contribution in [0.3, 0.4) is 0 Å². The molecule has 0 spiro atoms. The van der Waals surface area contributed by atoms with E-state index in [1.54, 1.807) is 49.5 Å². The number of hydrogen-bond acceptors (Lipinski definition) is 3. The van der Waals surface area contributed by atoms with Crippen LogP contribution in [0.15, 0.2) is 47.4 Å². The number of rotatable bonds is 5. The highest BCUT2D eigenvalue weighted by atomic mass is 35.5. The summed E-state index contributed by atoms with van der Waals surface area (Å²) in [7, 11) is 0. The van der Waals surface area contributed by atoms with E-state index in [0.29, 0.717) is 37.1 Å². The SMILES string of the molecule is CC(O)Cn1ccc2c(NC(=O)Cc3ccc(Cl)c(Cl)c3)c(Cl)ccc2c1=O. The minimum atomic E-state index is -0.659. The molecular formula is C20H17Cl3N2O3. The Morgan fingerprint density at radius 1 is 1.07 bits per heavy atom. The largest absolute Gasteiger partial charge is 0.392 e. The van der Waals surface area contributed by atoms with Gasteiger partial charge in [0.1, 0.15) is 0 Å². The van der Waals surface area contributed by atoms with E-state index in [4.69, 9.17) is 34.8 Å². The highest BCUT2D eigenvalue weighted by Crippen LogP contribution is 2.30. The van der Waals surface area contributed by atoms with Gasteiger partial charge in [0.25, 0.3) is 5.56 Å². The maximum Gasteiger partial charge on any atom is 0.258 e. The van der Waals surface area contributed by atoms with E-state index in [9.17, 15) is 14.7 Å². The lowest BCUT2D eigenvalue weighted by Crippen LogP contribution is -2.25. The first-order valence-corrected chi connectivity index (χ1v) is 9.63. The number of aliphatic hydroxyl groups is 1. The smallest absolute Gasteiger partial charge is 0.258 e. The number of aromatic nitrogens is 1. The Kier molecular flexibility index (Phi) is 6.30. The summed E-state index contributed by atoms with van der Waals surface area (Å²) >= 11 is 18.2. The molecule has 1 heterocycles. The monoisotopic (exact) mass is 438 g/mol. The van der Waals surface area contributed by atoms with Crippen LogP contribution in [0.25, 0.3) is 10.8 Å². The second-order valence-corrected chi connectivity index (χ2v) is 7.70. The zero-order valence-electron chi connectivity index (χ0n) is 14.9. The van der Waals surface area contributed by atoms with E-state index in [1.165, 1.54) is 4.57 Å². The lowest BCUT2D eigenvalue weighted by atomic mass is 10.1. The van der Waals surface area contributed by atoms with Gasteiger partial charge in [-0.05, 0) is 42.8 Å². The number of fused-ring (bicyclic) bond motifs is 1. The summed E-state index contributed by atoms with van der Waals surface area (Å²) in [5, 5.41) is 14.4. The zero-order valence-corrected chi connectivity index (χ0v) is 17.1. The summed E-state index contributed by atoms with van der Waals surface area (Å²) in [5.74, 6) is -0.305. The fourth-order valence-corrected chi connectivity index (χ4v) is 3.45. The Hall–Kier alpha value is -2.05. The molecule has 1 atom stereocenters. The molecular weight excluding hydrogens is 423 g/mol. The molecule has 0 radical (unpaired) electrons. The fraction of sp³-hybridized carbons (Fsp3) is 0.200. The minimum absolute atomic E-state index is 0.0721. The van der Waals surface area contributed by atoms with E-state index < -0.39 is 6.10 Å². The summed E-state index contributed by atoms with van der Waals surface area (Å²) in [6, 6.07) is 9.83. The Labute approximate surface area is 176 Å². The van der Waals surface area contributed by atoms with E-state index >= 15 is 0 Å². The quantitative estimate of drug-likeness (QED) is 0.614. The normalized spacial score (nSPS) is 12.2. The Bertz CT molecular complexity index is 1110. The molecule has 0 bridgehead atoms. The molecule has 8 heteroatoms. The van der Waals surface area contributed by atoms with Gasteiger partial charge in [0.15, 0.2) is 0 Å². The number of nitrogens with one attached hydrogen (secondary N) is 1. The van der Waals surface area contributed by atoms with E-state index in [2.05, 4.69) is 5.32 Å². The van der Waals surface area contributed by atoms with Gasteiger partial charge in [0, 0.05) is 17.0 Å². The predicted octanol–water partition coefficient (Wildman–Crippen LogP) is 4.52. The number of carbonyl (C=O) groups excluding carboxylic acids is 1. The Morgan fingerprint density at radius 2 is 1.79 bits per heavy atom. The first-order valence-electron chi connectivity index (χ1n) is 8.49. The van der Waals surface area contributed by atoms with Crippen molar-refractivity contribution < 1.29 is 9.90 Å². The van der Waals surface area contributed by atoms with Crippen molar-refractivity contribution in [3.05, 3.63) is 73.6 Å². The molecule has 0 aliphatic rings. The van der Waals surface area contributed by atoms with Crippen LogP contribution in [-0.4, -0.2) is 21.7 Å². The van der Waals surface area contributed by atoms with Gasteiger partial charge in [-0.1, -0.05) is 40.9 Å². The van der Waals surface area contributed by atoms with Gasteiger partial charge < -0.3 is 15.0 Å². The summed E-state index contributed by atoms with van der Waals surface area (Å²) < 4.78 is 1.42. The van der Waals surface area contributed by atoms with Crippen molar-refractivity contribution in [2.75, 3.05) is 5.32 Å². The second kappa shape index (κ2) is 8.53. The van der Waals surface area contributed by atoms with Gasteiger partial charge in [0.05, 0.1) is 39.8 Å².